The Morgan fingerprint density at radius 2 is 1.95 bits per heavy atom. The molecule has 20 heavy (non-hydrogen) atoms. The maximum atomic E-state index is 11.1. The molecular formula is C9H15BF4N2O3S. The average Bonchev–Trinajstić information content (AvgIpc) is 2.70. The number of rotatable bonds is 5. The fraction of sp³-hybridized carbons (Fsp3) is 0.444. The lowest BCUT2D eigenvalue weighted by Gasteiger charge is -2.08. The molecule has 5 nitrogen and oxygen atoms in total. The van der Waals surface area contributed by atoms with Gasteiger partial charge in [-0.2, -0.15) is 8.42 Å². The second-order valence-electron chi connectivity index (χ2n) is 3.74. The summed E-state index contributed by atoms with van der Waals surface area (Å²) in [4.78, 5) is 0. The van der Waals surface area contributed by atoms with Crippen molar-refractivity contribution < 1.29 is 34.8 Å². The van der Waals surface area contributed by atoms with E-state index < -0.39 is 22.7 Å². The molecule has 1 heterocycles. The molecule has 0 bridgehead atoms. The summed E-state index contributed by atoms with van der Waals surface area (Å²) in [5.41, 5.74) is 0. The van der Waals surface area contributed by atoms with Gasteiger partial charge in [0.05, 0.1) is 6.20 Å². The first-order valence-corrected chi connectivity index (χ1v) is 7.03. The van der Waals surface area contributed by atoms with Crippen molar-refractivity contribution in [3.05, 3.63) is 25.3 Å². The summed E-state index contributed by atoms with van der Waals surface area (Å²) >= 11 is 0. The Kier molecular flexibility index (Phi) is 6.93. The summed E-state index contributed by atoms with van der Waals surface area (Å²) in [6.45, 7) is 5.41. The van der Waals surface area contributed by atoms with Gasteiger partial charge in [-0.25, -0.2) is 9.13 Å². The minimum Gasteiger partial charge on any atom is -0.418 e. The monoisotopic (exact) mass is 318 g/mol. The Morgan fingerprint density at radius 3 is 2.25 bits per heavy atom. The van der Waals surface area contributed by atoms with Crippen LogP contribution in [0.1, 0.15) is 25.1 Å². The van der Waals surface area contributed by atoms with Crippen LogP contribution >= 0.6 is 0 Å². The summed E-state index contributed by atoms with van der Waals surface area (Å²) < 4.78 is 73.4. The number of hydrogen-bond donors (Lipinski definition) is 1. The lowest BCUT2D eigenvalue weighted by Crippen LogP contribution is -2.42. The van der Waals surface area contributed by atoms with Gasteiger partial charge >= 0.3 is 17.4 Å². The third kappa shape index (κ3) is 7.94. The van der Waals surface area contributed by atoms with Crippen molar-refractivity contribution in [2.75, 3.05) is 0 Å². The normalized spacial score (nSPS) is 13.3. The van der Waals surface area contributed by atoms with Crippen molar-refractivity contribution in [1.82, 2.24) is 4.57 Å². The average molecular weight is 318 g/mol. The van der Waals surface area contributed by atoms with Gasteiger partial charge in [-0.1, -0.05) is 19.9 Å². The van der Waals surface area contributed by atoms with E-state index in [1.54, 1.807) is 29.5 Å². The van der Waals surface area contributed by atoms with Crippen molar-refractivity contribution in [3.8, 4) is 0 Å². The van der Waals surface area contributed by atoms with Gasteiger partial charge in [-0.05, 0) is 0 Å². The van der Waals surface area contributed by atoms with Crippen LogP contribution in [0.2, 0.25) is 0 Å². The SMILES string of the molecule is C=Cn1cc[n+](C(CCC)S(=O)(=O)O)c1.F[B-](F)(F)F. The van der Waals surface area contributed by atoms with Gasteiger partial charge in [0.2, 0.25) is 11.7 Å². The Morgan fingerprint density at radius 1 is 1.45 bits per heavy atom. The fourth-order valence-electron chi connectivity index (χ4n) is 1.36. The van der Waals surface area contributed by atoms with Crippen LogP contribution in [-0.2, 0) is 10.1 Å². The van der Waals surface area contributed by atoms with E-state index in [0.29, 0.717) is 12.8 Å². The zero-order valence-electron chi connectivity index (χ0n) is 10.7. The minimum absolute atomic E-state index is 0.380. The first-order valence-electron chi connectivity index (χ1n) is 5.53. The van der Waals surface area contributed by atoms with E-state index in [-0.39, 0.29) is 0 Å². The van der Waals surface area contributed by atoms with E-state index in [4.69, 9.17) is 4.55 Å². The molecule has 1 rings (SSSR count). The first-order chi connectivity index (χ1) is 8.99. The highest BCUT2D eigenvalue weighted by atomic mass is 32.2. The van der Waals surface area contributed by atoms with Crippen molar-refractivity contribution in [3.63, 3.8) is 0 Å². The van der Waals surface area contributed by atoms with Crippen LogP contribution < -0.4 is 4.57 Å². The van der Waals surface area contributed by atoms with Gasteiger partial charge in [0.1, 0.15) is 12.4 Å². The molecule has 0 amide bonds. The molecule has 1 aromatic heterocycles. The number of imidazole rings is 1. The zero-order chi connectivity index (χ0) is 16.0. The van der Waals surface area contributed by atoms with E-state index in [0.717, 1.165) is 0 Å². The van der Waals surface area contributed by atoms with Gasteiger partial charge < -0.3 is 17.3 Å². The van der Waals surface area contributed by atoms with E-state index in [9.17, 15) is 25.7 Å². The Hall–Kier alpha value is -1.36. The lowest BCUT2D eigenvalue weighted by atomic mass is 10.3. The molecule has 0 aliphatic rings. The minimum atomic E-state index is -6.00. The molecule has 0 fully saturated rings. The fourth-order valence-corrected chi connectivity index (χ4v) is 2.33. The first kappa shape index (κ1) is 18.6. The molecule has 1 unspecified atom stereocenters. The molecule has 0 saturated carbocycles. The van der Waals surface area contributed by atoms with Crippen LogP contribution in [0, 0.1) is 0 Å². The van der Waals surface area contributed by atoms with Gasteiger partial charge in [0.25, 0.3) is 0 Å². The number of halogens is 4. The third-order valence-corrected chi connectivity index (χ3v) is 3.27. The molecule has 0 saturated heterocycles. The number of nitrogens with zero attached hydrogens (tertiary/aromatic N) is 2. The second-order valence-corrected chi connectivity index (χ2v) is 5.32. The summed E-state index contributed by atoms with van der Waals surface area (Å²) in [6.07, 6.45) is 7.43. The van der Waals surface area contributed by atoms with Crippen LogP contribution in [0.25, 0.3) is 6.20 Å². The Labute approximate surface area is 114 Å². The number of aromatic nitrogens is 2. The third-order valence-electron chi connectivity index (χ3n) is 2.10. The molecule has 11 heteroatoms. The van der Waals surface area contributed by atoms with Crippen molar-refractivity contribution in [2.24, 2.45) is 0 Å². The highest BCUT2D eigenvalue weighted by Gasteiger charge is 2.28. The second kappa shape index (κ2) is 7.43. The van der Waals surface area contributed by atoms with Crippen molar-refractivity contribution >= 4 is 23.6 Å². The summed E-state index contributed by atoms with van der Waals surface area (Å²) in [5, 5.41) is -0.913. The Bertz CT molecular complexity index is 524. The molecule has 1 aromatic rings. The topological polar surface area (TPSA) is 63.2 Å². The van der Waals surface area contributed by atoms with E-state index in [1.807, 2.05) is 6.92 Å². The molecule has 0 spiro atoms. The van der Waals surface area contributed by atoms with E-state index in [1.165, 1.54) is 4.57 Å². The predicted molar refractivity (Wildman–Crippen MR) is 66.7 cm³/mol. The molecule has 116 valence electrons. The van der Waals surface area contributed by atoms with Crippen LogP contribution in [-0.4, -0.2) is 24.8 Å². The van der Waals surface area contributed by atoms with Crippen molar-refractivity contribution in [2.45, 2.75) is 25.1 Å². The van der Waals surface area contributed by atoms with Gasteiger partial charge in [0.15, 0.2) is 0 Å². The predicted octanol–water partition coefficient (Wildman–Crippen LogP) is 2.36. The molecule has 1 N–H and O–H groups in total. The molecule has 0 aromatic carbocycles. The molecule has 0 aliphatic carbocycles. The van der Waals surface area contributed by atoms with Gasteiger partial charge in [-0.3, -0.25) is 4.55 Å². The molecular weight excluding hydrogens is 303 g/mol. The molecule has 0 radical (unpaired) electrons. The van der Waals surface area contributed by atoms with Gasteiger partial charge in [0, 0.05) is 6.42 Å². The molecule has 1 atom stereocenters. The standard InChI is InChI=1S/C9H14N2O3S.BF4/c1-3-5-9(15(12,13)14)11-7-6-10(4-2)8-11;2-1(3,4)5/h4,6-9H,2-3,5H2,1H3;/q;-1/p+1. The number of hydrogen-bond acceptors (Lipinski definition) is 2. The molecule has 0 aliphatic heterocycles. The quantitative estimate of drug-likeness (QED) is 0.392. The highest BCUT2D eigenvalue weighted by molar-refractivity contribution is 7.85. The van der Waals surface area contributed by atoms with Crippen molar-refractivity contribution in [1.29, 1.82) is 0 Å². The maximum Gasteiger partial charge on any atom is 0.673 e. The zero-order valence-corrected chi connectivity index (χ0v) is 11.5. The highest BCUT2D eigenvalue weighted by Crippen LogP contribution is 2.12. The van der Waals surface area contributed by atoms with Crippen LogP contribution in [0.4, 0.5) is 17.3 Å². The van der Waals surface area contributed by atoms with E-state index in [2.05, 4.69) is 6.58 Å². The van der Waals surface area contributed by atoms with Crippen LogP contribution in [0.5, 0.6) is 0 Å². The van der Waals surface area contributed by atoms with Gasteiger partial charge in [-0.15, -0.1) is 0 Å². The summed E-state index contributed by atoms with van der Waals surface area (Å²) in [6, 6.07) is 0. The Balaban J connectivity index is 0.000000621. The van der Waals surface area contributed by atoms with Crippen LogP contribution in [0.15, 0.2) is 25.3 Å². The van der Waals surface area contributed by atoms with Crippen LogP contribution in [0.3, 0.4) is 0 Å². The van der Waals surface area contributed by atoms with E-state index >= 15 is 0 Å². The maximum absolute atomic E-state index is 11.1. The largest absolute Gasteiger partial charge is 0.673 e. The smallest absolute Gasteiger partial charge is 0.418 e. The summed E-state index contributed by atoms with van der Waals surface area (Å²) in [5.74, 6) is 0. The lowest BCUT2D eigenvalue weighted by molar-refractivity contribution is -0.702. The summed E-state index contributed by atoms with van der Waals surface area (Å²) in [7, 11) is -10.1.